The molecule has 3 nitrogen and oxygen atoms in total. The smallest absolute Gasteiger partial charge is 0.339 e. The van der Waals surface area contributed by atoms with E-state index in [9.17, 15) is 4.79 Å². The fourth-order valence-electron chi connectivity index (χ4n) is 1.24. The molecule has 2 fully saturated rings. The Bertz CT molecular complexity index is 143. The second-order valence-corrected chi connectivity index (χ2v) is 2.41. The van der Waals surface area contributed by atoms with Crippen LogP contribution in [-0.2, 0) is 14.3 Å². The summed E-state index contributed by atoms with van der Waals surface area (Å²) in [5, 5.41) is 0. The molecule has 3 heteroatoms. The van der Waals surface area contributed by atoms with Crippen LogP contribution in [0.3, 0.4) is 0 Å². The molecule has 0 amide bonds. The number of carbonyl (C=O) groups is 1. The Labute approximate surface area is 52.9 Å². The second kappa shape index (κ2) is 1.70. The quantitative estimate of drug-likeness (QED) is 0.434. The van der Waals surface area contributed by atoms with E-state index in [1.807, 2.05) is 0 Å². The lowest BCUT2D eigenvalue weighted by Gasteiger charge is -2.37. The molecule has 2 aliphatic heterocycles. The highest BCUT2D eigenvalue weighted by molar-refractivity contribution is 5.81. The molecule has 2 saturated heterocycles. The minimum absolute atomic E-state index is 0.0891. The maximum absolute atomic E-state index is 10.5. The van der Waals surface area contributed by atoms with Crippen LogP contribution in [0.4, 0.5) is 0 Å². The molecule has 0 aromatic carbocycles. The van der Waals surface area contributed by atoms with Gasteiger partial charge in [0.15, 0.2) is 6.10 Å². The molecular formula is C6H8O3. The predicted octanol–water partition coefficient (Wildman–Crippen LogP) is 0.0908. The zero-order valence-corrected chi connectivity index (χ0v) is 5.00. The molecule has 0 aromatic rings. The molecule has 2 atom stereocenters. The van der Waals surface area contributed by atoms with Gasteiger partial charge in [-0.2, -0.15) is 0 Å². The molecule has 2 unspecified atom stereocenters. The molecule has 0 bridgehead atoms. The SMILES string of the molecule is O=C1OC2CCCOC12. The number of ether oxygens (including phenoxy) is 2. The highest BCUT2D eigenvalue weighted by Gasteiger charge is 2.44. The largest absolute Gasteiger partial charge is 0.457 e. The summed E-state index contributed by atoms with van der Waals surface area (Å²) in [6, 6.07) is 0. The molecular weight excluding hydrogens is 120 g/mol. The van der Waals surface area contributed by atoms with E-state index in [1.165, 1.54) is 0 Å². The van der Waals surface area contributed by atoms with E-state index in [0.29, 0.717) is 0 Å². The average Bonchev–Trinajstić information content (AvgIpc) is 1.86. The van der Waals surface area contributed by atoms with Crippen LogP contribution in [0.15, 0.2) is 0 Å². The van der Waals surface area contributed by atoms with Gasteiger partial charge in [0.2, 0.25) is 0 Å². The number of hydrogen-bond donors (Lipinski definition) is 0. The van der Waals surface area contributed by atoms with Crippen molar-refractivity contribution < 1.29 is 14.3 Å². The summed E-state index contributed by atoms with van der Waals surface area (Å²) in [4.78, 5) is 10.5. The Hall–Kier alpha value is -0.570. The van der Waals surface area contributed by atoms with Gasteiger partial charge < -0.3 is 9.47 Å². The van der Waals surface area contributed by atoms with Crippen molar-refractivity contribution in [1.29, 1.82) is 0 Å². The molecule has 50 valence electrons. The Morgan fingerprint density at radius 3 is 3.00 bits per heavy atom. The summed E-state index contributed by atoms with van der Waals surface area (Å²) >= 11 is 0. The lowest BCUT2D eigenvalue weighted by Crippen LogP contribution is -2.54. The Balaban J connectivity index is 2.01. The minimum atomic E-state index is -0.209. The van der Waals surface area contributed by atoms with Gasteiger partial charge in [-0.25, -0.2) is 4.79 Å². The fourth-order valence-corrected chi connectivity index (χ4v) is 1.24. The summed E-state index contributed by atoms with van der Waals surface area (Å²) in [7, 11) is 0. The van der Waals surface area contributed by atoms with Crippen LogP contribution in [0.2, 0.25) is 0 Å². The number of rotatable bonds is 0. The van der Waals surface area contributed by atoms with E-state index in [-0.39, 0.29) is 18.2 Å². The van der Waals surface area contributed by atoms with Crippen LogP contribution >= 0.6 is 0 Å². The zero-order chi connectivity index (χ0) is 6.27. The van der Waals surface area contributed by atoms with Gasteiger partial charge in [0.05, 0.1) is 0 Å². The van der Waals surface area contributed by atoms with Crippen LogP contribution in [-0.4, -0.2) is 24.8 Å². The predicted molar refractivity (Wildman–Crippen MR) is 28.9 cm³/mol. The van der Waals surface area contributed by atoms with Crippen molar-refractivity contribution in [2.75, 3.05) is 6.61 Å². The number of fused-ring (bicyclic) bond motifs is 1. The fraction of sp³-hybridized carbons (Fsp3) is 0.833. The van der Waals surface area contributed by atoms with Crippen LogP contribution < -0.4 is 0 Å². The maximum atomic E-state index is 10.5. The van der Waals surface area contributed by atoms with Gasteiger partial charge in [-0.1, -0.05) is 0 Å². The van der Waals surface area contributed by atoms with E-state index < -0.39 is 0 Å². The lowest BCUT2D eigenvalue weighted by atomic mass is 10.0. The zero-order valence-electron chi connectivity index (χ0n) is 5.00. The molecule has 0 spiro atoms. The van der Waals surface area contributed by atoms with Gasteiger partial charge in [0, 0.05) is 6.61 Å². The third-order valence-electron chi connectivity index (χ3n) is 1.77. The minimum Gasteiger partial charge on any atom is -0.457 e. The number of esters is 1. The van der Waals surface area contributed by atoms with Gasteiger partial charge in [0.1, 0.15) is 6.10 Å². The average molecular weight is 128 g/mol. The third kappa shape index (κ3) is 0.645. The first-order chi connectivity index (χ1) is 4.38. The van der Waals surface area contributed by atoms with Crippen LogP contribution in [0, 0.1) is 0 Å². The summed E-state index contributed by atoms with van der Waals surface area (Å²) in [6.07, 6.45) is 1.88. The molecule has 0 aromatic heterocycles. The van der Waals surface area contributed by atoms with Crippen molar-refractivity contribution in [3.05, 3.63) is 0 Å². The summed E-state index contributed by atoms with van der Waals surface area (Å²) in [6.45, 7) is 0.719. The molecule has 2 heterocycles. The van der Waals surface area contributed by atoms with Crippen LogP contribution in [0.5, 0.6) is 0 Å². The molecule has 9 heavy (non-hydrogen) atoms. The van der Waals surface area contributed by atoms with Crippen molar-refractivity contribution in [3.63, 3.8) is 0 Å². The van der Waals surface area contributed by atoms with Gasteiger partial charge in [-0.3, -0.25) is 0 Å². The normalized spacial score (nSPS) is 40.7. The van der Waals surface area contributed by atoms with Crippen molar-refractivity contribution >= 4 is 5.97 Å². The topological polar surface area (TPSA) is 35.5 Å². The summed E-state index contributed by atoms with van der Waals surface area (Å²) in [5.74, 6) is -0.181. The second-order valence-electron chi connectivity index (χ2n) is 2.41. The van der Waals surface area contributed by atoms with Crippen molar-refractivity contribution in [2.24, 2.45) is 0 Å². The Morgan fingerprint density at radius 2 is 2.44 bits per heavy atom. The monoisotopic (exact) mass is 128 g/mol. The Morgan fingerprint density at radius 1 is 1.56 bits per heavy atom. The van der Waals surface area contributed by atoms with Gasteiger partial charge in [-0.05, 0) is 12.8 Å². The van der Waals surface area contributed by atoms with Crippen LogP contribution in [0.1, 0.15) is 12.8 Å². The van der Waals surface area contributed by atoms with E-state index in [1.54, 1.807) is 0 Å². The first-order valence-electron chi connectivity index (χ1n) is 3.20. The molecule has 0 saturated carbocycles. The lowest BCUT2D eigenvalue weighted by molar-refractivity contribution is -0.216. The van der Waals surface area contributed by atoms with E-state index in [4.69, 9.17) is 9.47 Å². The first kappa shape index (κ1) is 5.23. The molecule has 2 aliphatic rings. The third-order valence-corrected chi connectivity index (χ3v) is 1.77. The first-order valence-corrected chi connectivity index (χ1v) is 3.20. The highest BCUT2D eigenvalue weighted by atomic mass is 16.6. The van der Waals surface area contributed by atoms with E-state index >= 15 is 0 Å². The van der Waals surface area contributed by atoms with Gasteiger partial charge in [-0.15, -0.1) is 0 Å². The Kier molecular flexibility index (Phi) is 0.990. The van der Waals surface area contributed by atoms with Crippen molar-refractivity contribution in [3.8, 4) is 0 Å². The highest BCUT2D eigenvalue weighted by Crippen LogP contribution is 2.26. The van der Waals surface area contributed by atoms with Gasteiger partial charge >= 0.3 is 5.97 Å². The van der Waals surface area contributed by atoms with E-state index in [0.717, 1.165) is 19.4 Å². The molecule has 2 rings (SSSR count). The van der Waals surface area contributed by atoms with Gasteiger partial charge in [0.25, 0.3) is 0 Å². The van der Waals surface area contributed by atoms with Crippen LogP contribution in [0.25, 0.3) is 0 Å². The molecule has 0 radical (unpaired) electrons. The number of hydrogen-bond acceptors (Lipinski definition) is 3. The molecule has 0 aliphatic carbocycles. The van der Waals surface area contributed by atoms with Crippen molar-refractivity contribution in [1.82, 2.24) is 0 Å². The maximum Gasteiger partial charge on any atom is 0.339 e. The molecule has 0 N–H and O–H groups in total. The summed E-state index contributed by atoms with van der Waals surface area (Å²) < 4.78 is 9.89. The van der Waals surface area contributed by atoms with E-state index in [2.05, 4.69) is 0 Å². The standard InChI is InChI=1S/C6H8O3/c7-6-5-4(9-6)2-1-3-8-5/h4-5H,1-3H2. The summed E-state index contributed by atoms with van der Waals surface area (Å²) in [5.41, 5.74) is 0. The van der Waals surface area contributed by atoms with Crippen molar-refractivity contribution in [2.45, 2.75) is 25.0 Å². The number of carbonyl (C=O) groups excluding carboxylic acids is 1.